The highest BCUT2D eigenvalue weighted by atomic mass is 35.5. The molecular formula is C16H25ClN2O2. The number of rotatable bonds is 7. The van der Waals surface area contributed by atoms with Gasteiger partial charge in [-0.05, 0) is 44.4 Å². The fourth-order valence-corrected chi connectivity index (χ4v) is 2.02. The second-order valence-electron chi connectivity index (χ2n) is 5.50. The zero-order valence-electron chi connectivity index (χ0n) is 13.3. The van der Waals surface area contributed by atoms with Crippen LogP contribution in [0.15, 0.2) is 24.3 Å². The number of amides is 2. The van der Waals surface area contributed by atoms with Crippen LogP contribution in [0.5, 0.6) is 0 Å². The maximum absolute atomic E-state index is 12.4. The molecule has 0 radical (unpaired) electrons. The highest BCUT2D eigenvalue weighted by Crippen LogP contribution is 2.22. The molecule has 0 aromatic heterocycles. The Morgan fingerprint density at radius 1 is 1.24 bits per heavy atom. The Labute approximate surface area is 132 Å². The molecule has 4 nitrogen and oxygen atoms in total. The number of hydrogen-bond donors (Lipinski definition) is 1. The van der Waals surface area contributed by atoms with E-state index in [2.05, 4.69) is 5.32 Å². The molecule has 0 atom stereocenters. The smallest absolute Gasteiger partial charge is 0.327 e. The number of nitrogens with one attached hydrogen (secondary N) is 1. The number of halogens is 1. The van der Waals surface area contributed by atoms with Crippen LogP contribution < -0.4 is 5.32 Å². The predicted octanol–water partition coefficient (Wildman–Crippen LogP) is 4.34. The highest BCUT2D eigenvalue weighted by Gasteiger charge is 2.25. The molecule has 0 saturated carbocycles. The Morgan fingerprint density at radius 3 is 2.38 bits per heavy atom. The maximum atomic E-state index is 12.4. The molecule has 0 heterocycles. The van der Waals surface area contributed by atoms with Crippen LogP contribution in [-0.4, -0.2) is 24.2 Å². The lowest BCUT2D eigenvalue weighted by atomic mass is 9.94. The number of benzene rings is 1. The molecule has 0 unspecified atom stereocenters. The lowest BCUT2D eigenvalue weighted by Gasteiger charge is -2.30. The molecule has 0 bridgehead atoms. The highest BCUT2D eigenvalue weighted by molar-refractivity contribution is 6.30. The van der Waals surface area contributed by atoms with Crippen molar-refractivity contribution < 1.29 is 9.63 Å². The van der Waals surface area contributed by atoms with Gasteiger partial charge in [-0.2, -0.15) is 0 Å². The third-order valence-electron chi connectivity index (χ3n) is 3.09. The van der Waals surface area contributed by atoms with Crippen molar-refractivity contribution in [1.82, 2.24) is 10.4 Å². The van der Waals surface area contributed by atoms with Crippen molar-refractivity contribution in [3.8, 4) is 0 Å². The van der Waals surface area contributed by atoms with E-state index in [4.69, 9.17) is 16.4 Å². The summed E-state index contributed by atoms with van der Waals surface area (Å²) in [5.74, 6) is 0. The fraction of sp³-hybridized carbons (Fsp3) is 0.562. The van der Waals surface area contributed by atoms with Gasteiger partial charge < -0.3 is 5.32 Å². The van der Waals surface area contributed by atoms with Gasteiger partial charge in [-0.3, -0.25) is 4.84 Å². The Morgan fingerprint density at radius 2 is 1.86 bits per heavy atom. The summed E-state index contributed by atoms with van der Waals surface area (Å²) in [6.45, 7) is 9.05. The third kappa shape index (κ3) is 5.56. The summed E-state index contributed by atoms with van der Waals surface area (Å²) in [6.07, 6.45) is 1.71. The minimum atomic E-state index is -0.497. The summed E-state index contributed by atoms with van der Waals surface area (Å²) in [7, 11) is 0. The van der Waals surface area contributed by atoms with Crippen LogP contribution in [0.25, 0.3) is 0 Å². The lowest BCUT2D eigenvalue weighted by Crippen LogP contribution is -2.48. The van der Waals surface area contributed by atoms with E-state index in [-0.39, 0.29) is 6.03 Å². The van der Waals surface area contributed by atoms with E-state index >= 15 is 0 Å². The molecule has 1 aromatic carbocycles. The monoisotopic (exact) mass is 312 g/mol. The van der Waals surface area contributed by atoms with Crippen molar-refractivity contribution in [2.24, 2.45) is 0 Å². The molecule has 0 aliphatic carbocycles. The Kier molecular flexibility index (Phi) is 6.99. The number of nitrogens with zero attached hydrogens (tertiary/aromatic N) is 1. The molecule has 5 heteroatoms. The van der Waals surface area contributed by atoms with Crippen molar-refractivity contribution in [3.63, 3.8) is 0 Å². The SMILES string of the molecule is CCCON(CCC)C(=O)NC(C)(C)c1ccc(Cl)cc1. The van der Waals surface area contributed by atoms with Crippen molar-refractivity contribution in [2.75, 3.05) is 13.2 Å². The first-order valence-corrected chi connectivity index (χ1v) is 7.77. The minimum Gasteiger partial charge on any atom is -0.327 e. The van der Waals surface area contributed by atoms with Crippen LogP contribution >= 0.6 is 11.6 Å². The second-order valence-corrected chi connectivity index (χ2v) is 5.93. The topological polar surface area (TPSA) is 41.6 Å². The van der Waals surface area contributed by atoms with E-state index in [1.807, 2.05) is 52.0 Å². The van der Waals surface area contributed by atoms with Crippen LogP contribution in [0.1, 0.15) is 46.1 Å². The number of hydroxylamine groups is 2. The first-order chi connectivity index (χ1) is 9.90. The average molecular weight is 313 g/mol. The molecule has 0 saturated heterocycles. The summed E-state index contributed by atoms with van der Waals surface area (Å²) in [6, 6.07) is 7.26. The number of hydrogen-bond acceptors (Lipinski definition) is 2. The van der Waals surface area contributed by atoms with Crippen LogP contribution in [0, 0.1) is 0 Å². The van der Waals surface area contributed by atoms with Crippen molar-refractivity contribution in [1.29, 1.82) is 0 Å². The van der Waals surface area contributed by atoms with E-state index in [9.17, 15) is 4.79 Å². The third-order valence-corrected chi connectivity index (χ3v) is 3.34. The predicted molar refractivity (Wildman–Crippen MR) is 86.2 cm³/mol. The molecule has 2 amide bonds. The molecule has 1 rings (SSSR count). The van der Waals surface area contributed by atoms with Crippen LogP contribution in [0.4, 0.5) is 4.79 Å². The number of carbonyl (C=O) groups is 1. The van der Waals surface area contributed by atoms with Gasteiger partial charge in [0.15, 0.2) is 0 Å². The van der Waals surface area contributed by atoms with Gasteiger partial charge in [0.2, 0.25) is 0 Å². The summed E-state index contributed by atoms with van der Waals surface area (Å²) in [5.41, 5.74) is 0.496. The maximum Gasteiger partial charge on any atom is 0.342 e. The summed E-state index contributed by atoms with van der Waals surface area (Å²) in [5, 5.41) is 5.09. The largest absolute Gasteiger partial charge is 0.342 e. The van der Waals surface area contributed by atoms with Gasteiger partial charge >= 0.3 is 6.03 Å². The van der Waals surface area contributed by atoms with Gasteiger partial charge in [0.1, 0.15) is 0 Å². The van der Waals surface area contributed by atoms with Gasteiger partial charge in [-0.25, -0.2) is 9.86 Å². The molecule has 0 aliphatic rings. The normalized spacial score (nSPS) is 11.3. The minimum absolute atomic E-state index is 0.217. The first-order valence-electron chi connectivity index (χ1n) is 7.39. The molecule has 0 spiro atoms. The van der Waals surface area contributed by atoms with Gasteiger partial charge in [0.05, 0.1) is 18.7 Å². The van der Waals surface area contributed by atoms with Crippen LogP contribution in [-0.2, 0) is 10.4 Å². The zero-order valence-corrected chi connectivity index (χ0v) is 14.0. The standard InChI is InChI=1S/C16H25ClN2O2/c1-5-11-19(21-12-6-2)15(20)18-16(3,4)13-7-9-14(17)10-8-13/h7-10H,5-6,11-12H2,1-4H3,(H,18,20). The Hall–Kier alpha value is -1.26. The fourth-order valence-electron chi connectivity index (χ4n) is 1.90. The molecule has 1 N–H and O–H groups in total. The van der Waals surface area contributed by atoms with E-state index in [1.165, 1.54) is 5.06 Å². The van der Waals surface area contributed by atoms with Crippen molar-refractivity contribution in [3.05, 3.63) is 34.9 Å². The molecule has 1 aromatic rings. The molecule has 21 heavy (non-hydrogen) atoms. The lowest BCUT2D eigenvalue weighted by molar-refractivity contribution is -0.118. The summed E-state index contributed by atoms with van der Waals surface area (Å²) < 4.78 is 0. The van der Waals surface area contributed by atoms with Crippen LogP contribution in [0.2, 0.25) is 5.02 Å². The summed E-state index contributed by atoms with van der Waals surface area (Å²) >= 11 is 5.90. The van der Waals surface area contributed by atoms with Crippen molar-refractivity contribution >= 4 is 17.6 Å². The van der Waals surface area contributed by atoms with Gasteiger partial charge in [0.25, 0.3) is 0 Å². The Balaban J connectivity index is 2.75. The van der Waals surface area contributed by atoms with E-state index < -0.39 is 5.54 Å². The molecule has 0 fully saturated rings. The van der Waals surface area contributed by atoms with Gasteiger partial charge in [-0.1, -0.05) is 37.6 Å². The van der Waals surface area contributed by atoms with E-state index in [0.717, 1.165) is 18.4 Å². The molecule has 118 valence electrons. The van der Waals surface area contributed by atoms with E-state index in [1.54, 1.807) is 0 Å². The Bertz CT molecular complexity index is 446. The average Bonchev–Trinajstić information content (AvgIpc) is 2.43. The quantitative estimate of drug-likeness (QED) is 0.761. The number of urea groups is 1. The zero-order chi connectivity index (χ0) is 15.9. The first kappa shape index (κ1) is 17.8. The molecular weight excluding hydrogens is 288 g/mol. The van der Waals surface area contributed by atoms with Gasteiger partial charge in [0, 0.05) is 5.02 Å². The van der Waals surface area contributed by atoms with Crippen LogP contribution in [0.3, 0.4) is 0 Å². The number of carbonyl (C=O) groups excluding carboxylic acids is 1. The summed E-state index contributed by atoms with van der Waals surface area (Å²) in [4.78, 5) is 17.9. The molecule has 0 aliphatic heterocycles. The second kappa shape index (κ2) is 8.25. The van der Waals surface area contributed by atoms with Crippen molar-refractivity contribution in [2.45, 2.75) is 46.1 Å². The van der Waals surface area contributed by atoms with E-state index in [0.29, 0.717) is 18.2 Å². The van der Waals surface area contributed by atoms with Gasteiger partial charge in [-0.15, -0.1) is 0 Å².